The van der Waals surface area contributed by atoms with Crippen LogP contribution in [0.15, 0.2) is 11.8 Å². The molecule has 7 aliphatic rings. The first kappa shape index (κ1) is 25.4. The number of halogens is 1. The third kappa shape index (κ3) is 4.06. The number of likely N-dealkylation sites (N-methyl/N-ethyl adjacent to an activating group) is 1. The van der Waals surface area contributed by atoms with Gasteiger partial charge in [-0.15, -0.1) is 0 Å². The molecule has 3 saturated heterocycles. The average molecular weight is 530 g/mol. The van der Waals surface area contributed by atoms with E-state index in [4.69, 9.17) is 10.5 Å². The second-order valence-corrected chi connectivity index (χ2v) is 13.3. The van der Waals surface area contributed by atoms with Crippen LogP contribution in [0.3, 0.4) is 0 Å². The van der Waals surface area contributed by atoms with E-state index in [0.29, 0.717) is 31.5 Å². The monoisotopic (exact) mass is 529 g/mol. The third-order valence-electron chi connectivity index (χ3n) is 11.2. The molecule has 0 aromatic rings. The van der Waals surface area contributed by atoms with E-state index in [2.05, 4.69) is 21.7 Å². The fourth-order valence-electron chi connectivity index (χ4n) is 9.19. The van der Waals surface area contributed by atoms with Gasteiger partial charge in [-0.2, -0.15) is 0 Å². The predicted octanol–water partition coefficient (Wildman–Crippen LogP) is 1.39. The second-order valence-electron chi connectivity index (χ2n) is 13.3. The topological polar surface area (TPSA) is 82.3 Å². The van der Waals surface area contributed by atoms with Crippen molar-refractivity contribution < 1.29 is 18.7 Å². The van der Waals surface area contributed by atoms with Gasteiger partial charge in [0, 0.05) is 57.4 Å². The van der Waals surface area contributed by atoms with Gasteiger partial charge in [-0.3, -0.25) is 14.5 Å². The SMILES string of the molecule is CN1CCN(C(=O)C2=CN3C4CCC5CCCCC5C4OC4C(N5CC[C@@H](N)C5)C(F)CC(C2=O)C43)CC1. The summed E-state index contributed by atoms with van der Waals surface area (Å²) in [6.45, 7) is 4.31. The van der Waals surface area contributed by atoms with Gasteiger partial charge in [0.05, 0.1) is 35.9 Å². The number of carbonyl (C=O) groups is 2. The number of ether oxygens (including phenoxy) is 1. The molecule has 0 spiro atoms. The van der Waals surface area contributed by atoms with Crippen LogP contribution in [0, 0.1) is 17.8 Å². The standard InChI is InChI=1S/C29H44FN5O3/c1-32-10-12-33(13-11-32)29(37)21-16-35-23-7-6-17-4-2-3-5-19(17)27(23)38-28-24(35)20(26(21)36)14-22(30)25(28)34-9-8-18(31)15-34/h16-20,22-25,27-28H,2-15,31H2,1H3/t17?,18-,19?,20?,22?,23?,24?,25?,27?,28?/m1/s1. The number of hydrogen-bond donors (Lipinski definition) is 1. The first-order valence-electron chi connectivity index (χ1n) is 15.2. The van der Waals surface area contributed by atoms with Crippen molar-refractivity contribution in [1.82, 2.24) is 19.6 Å². The maximum Gasteiger partial charge on any atom is 0.259 e. The first-order valence-corrected chi connectivity index (χ1v) is 15.2. The first-order chi connectivity index (χ1) is 18.4. The second kappa shape index (κ2) is 9.82. The number of morpholine rings is 1. The summed E-state index contributed by atoms with van der Waals surface area (Å²) in [7, 11) is 2.06. The van der Waals surface area contributed by atoms with Gasteiger partial charge in [-0.1, -0.05) is 19.3 Å². The van der Waals surface area contributed by atoms with Crippen LogP contribution in [0.4, 0.5) is 4.39 Å². The molecule has 9 unspecified atom stereocenters. The summed E-state index contributed by atoms with van der Waals surface area (Å²) >= 11 is 0. The molecule has 6 fully saturated rings. The normalized spacial score (nSPS) is 45.8. The van der Waals surface area contributed by atoms with Crippen molar-refractivity contribution >= 4 is 11.7 Å². The van der Waals surface area contributed by atoms with Gasteiger partial charge in [0.1, 0.15) is 6.17 Å². The number of fused-ring (bicyclic) bond motifs is 4. The maximum absolute atomic E-state index is 16.2. The fraction of sp³-hybridized carbons (Fsp3) is 0.862. The molecule has 0 bridgehead atoms. The Labute approximate surface area is 225 Å². The lowest BCUT2D eigenvalue weighted by atomic mass is 9.64. The molecule has 8 nitrogen and oxygen atoms in total. The molecule has 1 amide bonds. The van der Waals surface area contributed by atoms with Gasteiger partial charge < -0.3 is 25.2 Å². The Morgan fingerprint density at radius 2 is 1.79 bits per heavy atom. The van der Waals surface area contributed by atoms with E-state index in [1.165, 1.54) is 25.7 Å². The molecule has 0 aromatic heterocycles. The van der Waals surface area contributed by atoms with Gasteiger partial charge in [0.15, 0.2) is 5.78 Å². The Bertz CT molecular complexity index is 985. The maximum atomic E-state index is 16.2. The lowest BCUT2D eigenvalue weighted by molar-refractivity contribution is -0.231. The van der Waals surface area contributed by atoms with Gasteiger partial charge in [0.25, 0.3) is 5.91 Å². The molecule has 3 aliphatic carbocycles. The Hall–Kier alpha value is -1.55. The minimum absolute atomic E-state index is 0.0319. The highest BCUT2D eigenvalue weighted by Crippen LogP contribution is 2.51. The van der Waals surface area contributed by atoms with Gasteiger partial charge in [0.2, 0.25) is 0 Å². The smallest absolute Gasteiger partial charge is 0.259 e. The lowest BCUT2D eigenvalue weighted by Crippen LogP contribution is -2.74. The fourth-order valence-corrected chi connectivity index (χ4v) is 9.19. The van der Waals surface area contributed by atoms with Crippen molar-refractivity contribution in [3.63, 3.8) is 0 Å². The molecule has 0 radical (unpaired) electrons. The molecule has 10 atom stereocenters. The summed E-state index contributed by atoms with van der Waals surface area (Å²) in [5.74, 6) is 0.265. The summed E-state index contributed by atoms with van der Waals surface area (Å²) in [5, 5.41) is 0. The van der Waals surface area contributed by atoms with E-state index in [-0.39, 0.29) is 60.1 Å². The molecule has 9 heteroatoms. The van der Waals surface area contributed by atoms with Gasteiger partial charge in [-0.05, 0) is 51.0 Å². The van der Waals surface area contributed by atoms with Crippen molar-refractivity contribution in [2.24, 2.45) is 23.5 Å². The zero-order valence-corrected chi connectivity index (χ0v) is 22.7. The minimum Gasteiger partial charge on any atom is -0.369 e. The summed E-state index contributed by atoms with van der Waals surface area (Å²) < 4.78 is 23.2. The lowest BCUT2D eigenvalue weighted by Gasteiger charge is -2.62. The van der Waals surface area contributed by atoms with Crippen molar-refractivity contribution in [2.75, 3.05) is 46.3 Å². The van der Waals surface area contributed by atoms with Crippen molar-refractivity contribution in [1.29, 1.82) is 0 Å². The number of nitrogens with zero attached hydrogens (tertiary/aromatic N) is 4. The number of piperazine rings is 1. The van der Waals surface area contributed by atoms with E-state index in [1.807, 2.05) is 11.1 Å². The van der Waals surface area contributed by atoms with Crippen LogP contribution in [0.25, 0.3) is 0 Å². The quantitative estimate of drug-likeness (QED) is 0.542. The molecular weight excluding hydrogens is 485 g/mol. The Kier molecular flexibility index (Phi) is 6.57. The summed E-state index contributed by atoms with van der Waals surface area (Å²) in [5.41, 5.74) is 6.53. The largest absolute Gasteiger partial charge is 0.369 e. The Morgan fingerprint density at radius 3 is 2.55 bits per heavy atom. The Morgan fingerprint density at radius 1 is 1.00 bits per heavy atom. The molecule has 4 heterocycles. The van der Waals surface area contributed by atoms with E-state index < -0.39 is 12.1 Å². The molecule has 3 saturated carbocycles. The van der Waals surface area contributed by atoms with Gasteiger partial charge in [-0.25, -0.2) is 4.39 Å². The van der Waals surface area contributed by atoms with Crippen LogP contribution in [0.5, 0.6) is 0 Å². The van der Waals surface area contributed by atoms with Crippen LogP contribution >= 0.6 is 0 Å². The highest BCUT2D eigenvalue weighted by molar-refractivity contribution is 6.20. The third-order valence-corrected chi connectivity index (χ3v) is 11.2. The van der Waals surface area contributed by atoms with Crippen molar-refractivity contribution in [2.45, 2.75) is 93.9 Å². The van der Waals surface area contributed by atoms with Crippen LogP contribution < -0.4 is 5.73 Å². The van der Waals surface area contributed by atoms with Crippen LogP contribution in [-0.2, 0) is 14.3 Å². The number of rotatable bonds is 2. The van der Waals surface area contributed by atoms with E-state index in [9.17, 15) is 9.59 Å². The average Bonchev–Trinajstić information content (AvgIpc) is 3.35. The predicted molar refractivity (Wildman–Crippen MR) is 141 cm³/mol. The molecule has 210 valence electrons. The summed E-state index contributed by atoms with van der Waals surface area (Å²) in [6.07, 6.45) is 8.54. The highest BCUT2D eigenvalue weighted by Gasteiger charge is 2.61. The van der Waals surface area contributed by atoms with Crippen molar-refractivity contribution in [3.8, 4) is 0 Å². The molecule has 7 rings (SSSR count). The van der Waals surface area contributed by atoms with Crippen LogP contribution in [0.1, 0.15) is 51.4 Å². The number of hydrogen-bond acceptors (Lipinski definition) is 7. The van der Waals surface area contributed by atoms with E-state index >= 15 is 4.39 Å². The van der Waals surface area contributed by atoms with Crippen LogP contribution in [-0.4, -0.2) is 120 Å². The summed E-state index contributed by atoms with van der Waals surface area (Å²) in [6, 6.07) is -0.375. The molecule has 4 aliphatic heterocycles. The molecule has 0 aromatic carbocycles. The highest BCUT2D eigenvalue weighted by atomic mass is 19.1. The zero-order chi connectivity index (χ0) is 26.1. The minimum atomic E-state index is -1.17. The zero-order valence-electron chi connectivity index (χ0n) is 22.7. The van der Waals surface area contributed by atoms with Gasteiger partial charge >= 0.3 is 0 Å². The van der Waals surface area contributed by atoms with Crippen molar-refractivity contribution in [3.05, 3.63) is 11.8 Å². The number of amides is 1. The van der Waals surface area contributed by atoms with Crippen LogP contribution in [0.2, 0.25) is 0 Å². The number of likely N-dealkylation sites (tertiary alicyclic amines) is 1. The number of alkyl halides is 1. The number of carbonyl (C=O) groups excluding carboxylic acids is 2. The number of ketones is 1. The molecule has 2 N–H and O–H groups in total. The van der Waals surface area contributed by atoms with E-state index in [0.717, 1.165) is 38.9 Å². The van der Waals surface area contributed by atoms with E-state index in [1.54, 1.807) is 0 Å². The molecule has 38 heavy (non-hydrogen) atoms. The Balaban J connectivity index is 1.26. The number of Topliss-reactive ketones (excluding diaryl/α,β-unsaturated/α-hetero) is 1. The number of nitrogens with two attached hydrogens (primary N) is 1. The summed E-state index contributed by atoms with van der Waals surface area (Å²) in [4.78, 5) is 36.3. The molecular formula is C29H44FN5O3.